The molecule has 50 heavy (non-hydrogen) atoms. The standard InChI is InChI=1S/C29H20N.C17H32O2.Ir/c1-18-8-7-9-19(2)27(18)26-16-25-22-12-5-3-10-20(22)14-15-24(25)29-28(26)23-13-6-4-11-21(23)17-30-29;1-10(2)16(11(3)4)14(18)9-15(19)17(12(5)6)13(7)8;/h3-14,16-17H,1-2H3;9-13,16-18H,1-8H3;/q-1;;/b;14-9-;. The number of carbonyl (C=O) groups is 1. The fraction of sp³-hybridized carbons (Fsp3) is 0.348. The predicted molar refractivity (Wildman–Crippen MR) is 210 cm³/mol. The molecule has 0 aliphatic heterocycles. The van der Waals surface area contributed by atoms with Crippen molar-refractivity contribution in [2.75, 3.05) is 0 Å². The van der Waals surface area contributed by atoms with Crippen LogP contribution in [0.5, 0.6) is 0 Å². The zero-order chi connectivity index (χ0) is 35.6. The number of fused-ring (bicyclic) bond motifs is 7. The van der Waals surface area contributed by atoms with Gasteiger partial charge in [-0.25, -0.2) is 0 Å². The van der Waals surface area contributed by atoms with Crippen molar-refractivity contribution in [3.05, 3.63) is 114 Å². The maximum Gasteiger partial charge on any atom is 0.162 e. The molecule has 0 amide bonds. The number of aromatic nitrogens is 1. The van der Waals surface area contributed by atoms with E-state index >= 15 is 0 Å². The SMILES string of the molecule is CC(C)C(C(=O)/C=C(\O)C(C(C)C)C(C)C)C(C)C.Cc1cccc(C)c1-c1cc2c([c-]cc3ccccc32)c2ncc3ccccc3c12.[Ir]. The zero-order valence-electron chi connectivity index (χ0n) is 31.3. The van der Waals surface area contributed by atoms with Crippen LogP contribution in [-0.4, -0.2) is 15.9 Å². The van der Waals surface area contributed by atoms with E-state index in [1.807, 2.05) is 6.20 Å². The molecule has 6 aromatic rings. The molecule has 0 spiro atoms. The van der Waals surface area contributed by atoms with Crippen LogP contribution in [0.1, 0.15) is 66.5 Å². The minimum absolute atomic E-state index is 0. The van der Waals surface area contributed by atoms with Crippen LogP contribution in [-0.2, 0) is 24.9 Å². The summed E-state index contributed by atoms with van der Waals surface area (Å²) in [6.45, 7) is 21.0. The molecule has 0 aliphatic carbocycles. The van der Waals surface area contributed by atoms with Crippen molar-refractivity contribution in [2.45, 2.75) is 69.2 Å². The first-order chi connectivity index (χ1) is 23.3. The molecule has 0 bridgehead atoms. The third-order valence-corrected chi connectivity index (χ3v) is 10.1. The summed E-state index contributed by atoms with van der Waals surface area (Å²) in [4.78, 5) is 17.3. The first-order valence-electron chi connectivity index (χ1n) is 17.9. The number of rotatable bonds is 8. The van der Waals surface area contributed by atoms with E-state index in [2.05, 4.69) is 154 Å². The van der Waals surface area contributed by atoms with E-state index < -0.39 is 0 Å². The molecule has 0 atom stereocenters. The first-order valence-corrected chi connectivity index (χ1v) is 17.9. The van der Waals surface area contributed by atoms with E-state index in [4.69, 9.17) is 4.98 Å². The molecular weight excluding hydrogens is 791 g/mol. The normalized spacial score (nSPS) is 12.2. The minimum atomic E-state index is -0.0119. The second kappa shape index (κ2) is 16.4. The molecule has 0 aliphatic rings. The number of pyridine rings is 1. The summed E-state index contributed by atoms with van der Waals surface area (Å²) in [5.74, 6) is 1.63. The van der Waals surface area contributed by atoms with E-state index in [0.717, 1.165) is 16.3 Å². The van der Waals surface area contributed by atoms with E-state index in [1.165, 1.54) is 55.3 Å². The number of hydrogen-bond donors (Lipinski definition) is 1. The average molecular weight is 843 g/mol. The van der Waals surface area contributed by atoms with Crippen molar-refractivity contribution in [3.63, 3.8) is 0 Å². The van der Waals surface area contributed by atoms with E-state index in [0.29, 0.717) is 23.7 Å². The molecule has 0 saturated heterocycles. The largest absolute Gasteiger partial charge is 0.512 e. The van der Waals surface area contributed by atoms with Crippen molar-refractivity contribution in [3.8, 4) is 11.1 Å². The number of aryl methyl sites for hydroxylation is 2. The second-order valence-corrected chi connectivity index (χ2v) is 15.1. The topological polar surface area (TPSA) is 50.2 Å². The first kappa shape index (κ1) is 38.9. The molecule has 263 valence electrons. The molecular formula is C46H52IrNO2-. The number of hydrogen-bond acceptors (Lipinski definition) is 3. The van der Waals surface area contributed by atoms with Gasteiger partial charge in [-0.1, -0.05) is 144 Å². The Balaban J connectivity index is 0.000000247. The number of nitrogens with zero attached hydrogens (tertiary/aromatic N) is 1. The molecule has 1 N–H and O–H groups in total. The maximum absolute atomic E-state index is 12.3. The Hall–Kier alpha value is -3.85. The van der Waals surface area contributed by atoms with Crippen LogP contribution < -0.4 is 0 Å². The van der Waals surface area contributed by atoms with E-state index in [-0.39, 0.29) is 43.5 Å². The van der Waals surface area contributed by atoms with Gasteiger partial charge >= 0.3 is 0 Å². The Labute approximate surface area is 312 Å². The summed E-state index contributed by atoms with van der Waals surface area (Å²) in [6.07, 6.45) is 3.48. The van der Waals surface area contributed by atoms with Gasteiger partial charge in [-0.3, -0.25) is 4.79 Å². The summed E-state index contributed by atoms with van der Waals surface area (Å²) < 4.78 is 0. The van der Waals surface area contributed by atoms with Gasteiger partial charge in [-0.15, -0.1) is 17.5 Å². The van der Waals surface area contributed by atoms with Crippen molar-refractivity contribution in [1.82, 2.24) is 4.98 Å². The third kappa shape index (κ3) is 7.88. The molecule has 0 fully saturated rings. The van der Waals surface area contributed by atoms with Crippen LogP contribution >= 0.6 is 0 Å². The van der Waals surface area contributed by atoms with E-state index in [1.54, 1.807) is 0 Å². The molecule has 1 heterocycles. The fourth-order valence-electron chi connectivity index (χ4n) is 8.07. The van der Waals surface area contributed by atoms with Gasteiger partial charge in [0.25, 0.3) is 0 Å². The van der Waals surface area contributed by atoms with Crippen molar-refractivity contribution < 1.29 is 30.0 Å². The van der Waals surface area contributed by atoms with E-state index in [9.17, 15) is 9.90 Å². The number of aliphatic hydroxyl groups excluding tert-OH is 1. The van der Waals surface area contributed by atoms with Crippen molar-refractivity contribution >= 4 is 49.0 Å². The molecule has 5 aromatic carbocycles. The maximum atomic E-state index is 12.3. The second-order valence-electron chi connectivity index (χ2n) is 15.1. The van der Waals surface area contributed by atoms with Gasteiger partial charge in [0.2, 0.25) is 0 Å². The van der Waals surface area contributed by atoms with Crippen LogP contribution in [0.15, 0.2) is 96.9 Å². The monoisotopic (exact) mass is 843 g/mol. The van der Waals surface area contributed by atoms with Crippen LogP contribution in [0.2, 0.25) is 0 Å². The molecule has 1 aromatic heterocycles. The number of carbonyl (C=O) groups excluding carboxylic acids is 1. The number of allylic oxidation sites excluding steroid dienone is 2. The molecule has 6 rings (SSSR count). The Morgan fingerprint density at radius 3 is 1.82 bits per heavy atom. The zero-order valence-corrected chi connectivity index (χ0v) is 33.7. The van der Waals surface area contributed by atoms with Crippen LogP contribution in [0.4, 0.5) is 0 Å². The van der Waals surface area contributed by atoms with Gasteiger partial charge in [-0.05, 0) is 81.4 Å². The Morgan fingerprint density at radius 2 is 1.24 bits per heavy atom. The average Bonchev–Trinajstić information content (AvgIpc) is 3.03. The third-order valence-electron chi connectivity index (χ3n) is 10.1. The quantitative estimate of drug-likeness (QED) is 0.0719. The minimum Gasteiger partial charge on any atom is -0.512 e. The van der Waals surface area contributed by atoms with Crippen molar-refractivity contribution in [2.24, 2.45) is 35.5 Å². The van der Waals surface area contributed by atoms with Crippen LogP contribution in [0.3, 0.4) is 0 Å². The van der Waals surface area contributed by atoms with Gasteiger partial charge < -0.3 is 10.1 Å². The molecule has 0 saturated carbocycles. The smallest absolute Gasteiger partial charge is 0.162 e. The number of aliphatic hydroxyl groups is 1. The Kier molecular flexibility index (Phi) is 12.8. The molecule has 4 heteroatoms. The summed E-state index contributed by atoms with van der Waals surface area (Å²) >= 11 is 0. The summed E-state index contributed by atoms with van der Waals surface area (Å²) in [7, 11) is 0. The summed E-state index contributed by atoms with van der Waals surface area (Å²) in [6, 6.07) is 31.6. The van der Waals surface area contributed by atoms with Crippen LogP contribution in [0.25, 0.3) is 54.3 Å². The number of benzene rings is 5. The van der Waals surface area contributed by atoms with Crippen LogP contribution in [0, 0.1) is 55.4 Å². The Morgan fingerprint density at radius 1 is 0.700 bits per heavy atom. The molecule has 0 unspecified atom stereocenters. The van der Waals surface area contributed by atoms with Gasteiger partial charge in [0.05, 0.1) is 5.76 Å². The summed E-state index contributed by atoms with van der Waals surface area (Å²) in [5, 5.41) is 18.6. The molecule has 3 nitrogen and oxygen atoms in total. The number of ketones is 1. The van der Waals surface area contributed by atoms with Gasteiger partial charge in [-0.2, -0.15) is 0 Å². The van der Waals surface area contributed by atoms with Gasteiger partial charge in [0.15, 0.2) is 5.78 Å². The van der Waals surface area contributed by atoms with Crippen molar-refractivity contribution in [1.29, 1.82) is 0 Å². The van der Waals surface area contributed by atoms with Gasteiger partial charge in [0, 0.05) is 44.2 Å². The Bertz CT molecular complexity index is 2120. The predicted octanol–water partition coefficient (Wildman–Crippen LogP) is 12.6. The molecule has 1 radical (unpaired) electrons. The summed E-state index contributed by atoms with van der Waals surface area (Å²) in [5.41, 5.74) is 6.15. The van der Waals surface area contributed by atoms with Gasteiger partial charge in [0.1, 0.15) is 0 Å². The fourth-order valence-corrected chi connectivity index (χ4v) is 8.07.